The van der Waals surface area contributed by atoms with E-state index in [9.17, 15) is 0 Å². The Morgan fingerprint density at radius 2 is 1.01 bits per heavy atom. The van der Waals surface area contributed by atoms with Gasteiger partial charge in [-0.2, -0.15) is 0 Å². The van der Waals surface area contributed by atoms with Crippen LogP contribution in [0.25, 0.3) is 27.6 Å². The van der Waals surface area contributed by atoms with Crippen LogP contribution in [0, 0.1) is 0 Å². The van der Waals surface area contributed by atoms with Gasteiger partial charge in [-0.25, -0.2) is 4.98 Å². The molecule has 0 radical (unpaired) electrons. The van der Waals surface area contributed by atoms with Gasteiger partial charge < -0.3 is 14.5 Å². The van der Waals surface area contributed by atoms with Gasteiger partial charge >= 0.3 is 0 Å². The van der Waals surface area contributed by atoms with Crippen molar-refractivity contribution in [2.45, 2.75) is 98.2 Å². The van der Waals surface area contributed by atoms with Crippen LogP contribution in [0.3, 0.4) is 0 Å². The Morgan fingerprint density at radius 1 is 0.434 bits per heavy atom. The molecule has 0 N–H and O–H groups in total. The van der Waals surface area contributed by atoms with Crippen molar-refractivity contribution < 1.29 is 4.74 Å². The second-order valence-corrected chi connectivity index (χ2v) is 33.9. The molecular formula is C69H72N4OSi2. The van der Waals surface area contributed by atoms with Crippen molar-refractivity contribution in [3.8, 4) is 17.3 Å². The molecule has 0 spiro atoms. The molecule has 382 valence electrons. The van der Waals surface area contributed by atoms with Gasteiger partial charge in [0.15, 0.2) is 8.07 Å². The highest BCUT2D eigenvalue weighted by Crippen LogP contribution is 2.47. The predicted molar refractivity (Wildman–Crippen MR) is 330 cm³/mol. The van der Waals surface area contributed by atoms with E-state index in [2.05, 4.69) is 297 Å². The van der Waals surface area contributed by atoms with Gasteiger partial charge in [-0.05, 0) is 120 Å². The summed E-state index contributed by atoms with van der Waals surface area (Å²) >= 11 is 0. The van der Waals surface area contributed by atoms with E-state index in [-0.39, 0.29) is 16.2 Å². The zero-order valence-corrected chi connectivity index (χ0v) is 48.5. The summed E-state index contributed by atoms with van der Waals surface area (Å²) in [6, 6.07) is 74.6. The maximum atomic E-state index is 7.03. The van der Waals surface area contributed by atoms with Crippen molar-refractivity contribution in [2.75, 3.05) is 16.5 Å². The first-order chi connectivity index (χ1) is 36.2. The van der Waals surface area contributed by atoms with Crippen molar-refractivity contribution in [2.24, 2.45) is 0 Å². The maximum absolute atomic E-state index is 7.03. The summed E-state index contributed by atoms with van der Waals surface area (Å²) in [5.41, 5.74) is 10.9. The van der Waals surface area contributed by atoms with Crippen molar-refractivity contribution in [3.05, 3.63) is 223 Å². The van der Waals surface area contributed by atoms with Crippen LogP contribution in [0.2, 0.25) is 19.6 Å². The lowest BCUT2D eigenvalue weighted by Crippen LogP contribution is -2.74. The number of pyridine rings is 1. The monoisotopic (exact) mass is 1030 g/mol. The molecule has 0 bridgehead atoms. The lowest BCUT2D eigenvalue weighted by molar-refractivity contribution is 0.483. The largest absolute Gasteiger partial charge is 0.457 e. The lowest BCUT2D eigenvalue weighted by Gasteiger charge is -2.34. The maximum Gasteiger partial charge on any atom is 0.179 e. The molecule has 0 fully saturated rings. The molecule has 0 saturated carbocycles. The van der Waals surface area contributed by atoms with Crippen molar-refractivity contribution in [1.29, 1.82) is 0 Å². The van der Waals surface area contributed by atoms with Gasteiger partial charge in [-0.3, -0.25) is 4.57 Å². The van der Waals surface area contributed by atoms with E-state index in [1.165, 1.54) is 65.1 Å². The molecule has 2 aromatic heterocycles. The molecule has 1 aliphatic heterocycles. The van der Waals surface area contributed by atoms with Crippen molar-refractivity contribution >= 4 is 86.6 Å². The number of hydrogen-bond donors (Lipinski definition) is 0. The van der Waals surface area contributed by atoms with E-state index < -0.39 is 16.1 Å². The smallest absolute Gasteiger partial charge is 0.179 e. The zero-order chi connectivity index (χ0) is 53.4. The number of hydrogen-bond acceptors (Lipinski definition) is 4. The van der Waals surface area contributed by atoms with Gasteiger partial charge in [0.05, 0.1) is 30.5 Å². The third-order valence-corrected chi connectivity index (χ3v) is 22.4. The molecule has 11 rings (SSSR count). The van der Waals surface area contributed by atoms with Gasteiger partial charge in [0.25, 0.3) is 0 Å². The summed E-state index contributed by atoms with van der Waals surface area (Å²) in [5.74, 6) is 2.43. The lowest BCUT2D eigenvalue weighted by atomic mass is 9.80. The van der Waals surface area contributed by atoms with Crippen LogP contribution < -0.4 is 40.5 Å². The van der Waals surface area contributed by atoms with Crippen LogP contribution in [-0.2, 0) is 16.2 Å². The summed E-state index contributed by atoms with van der Waals surface area (Å²) in [6.45, 7) is 28.8. The molecule has 0 saturated heterocycles. The molecule has 5 nitrogen and oxygen atoms in total. The van der Waals surface area contributed by atoms with E-state index in [0.717, 1.165) is 39.4 Å². The van der Waals surface area contributed by atoms with Crippen LogP contribution in [0.1, 0.15) is 79.0 Å². The Hall–Kier alpha value is -7.46. The van der Waals surface area contributed by atoms with Crippen molar-refractivity contribution in [3.63, 3.8) is 0 Å². The standard InChI is InChI=1S/C69H72N4OSi2/c1-67(2,3)48-38-39-70-65(43-48)73-61-37-35-58(76(55-26-16-13-17-27-55,56-28-18-14-19-29-56)57-30-20-15-21-31-57)46-60(61)59-36-34-54(45-63(59)73)74-53-25-22-24-51(44-53)71-47-72(66-62(71)32-23-33-64(66)75(10,11)12)52-41-49(68(4,5)6)40-50(42-52)69(7,8)9/h13-46H,47H2,1-12H3. The Bertz CT molecular complexity index is 3630. The summed E-state index contributed by atoms with van der Waals surface area (Å²) < 4.78 is 9.37. The first-order valence-corrected chi connectivity index (χ1v) is 32.5. The molecule has 0 aliphatic carbocycles. The van der Waals surface area contributed by atoms with Crippen LogP contribution >= 0.6 is 0 Å². The van der Waals surface area contributed by atoms with Gasteiger partial charge in [-0.15, -0.1) is 0 Å². The summed E-state index contributed by atoms with van der Waals surface area (Å²) in [7, 11) is -4.61. The molecule has 0 atom stereocenters. The summed E-state index contributed by atoms with van der Waals surface area (Å²) in [6.07, 6.45) is 1.96. The fourth-order valence-electron chi connectivity index (χ4n) is 11.5. The number of fused-ring (bicyclic) bond motifs is 4. The molecule has 1 aliphatic rings. The number of aromatic nitrogens is 2. The Kier molecular flexibility index (Phi) is 12.7. The van der Waals surface area contributed by atoms with Crippen molar-refractivity contribution in [1.82, 2.24) is 9.55 Å². The minimum atomic E-state index is -2.82. The average molecular weight is 1030 g/mol. The highest BCUT2D eigenvalue weighted by Gasteiger charge is 2.42. The van der Waals surface area contributed by atoms with E-state index in [1.54, 1.807) is 0 Å². The van der Waals surface area contributed by atoms with E-state index in [1.807, 2.05) is 6.20 Å². The minimum Gasteiger partial charge on any atom is -0.457 e. The van der Waals surface area contributed by atoms with Crippen LogP contribution in [0.15, 0.2) is 206 Å². The number of rotatable bonds is 10. The third-order valence-electron chi connectivity index (χ3n) is 15.6. The molecular weight excluding hydrogens is 957 g/mol. The van der Waals surface area contributed by atoms with E-state index in [4.69, 9.17) is 9.72 Å². The Balaban J connectivity index is 1.04. The number of nitrogens with zero attached hydrogens (tertiary/aromatic N) is 4. The topological polar surface area (TPSA) is 33.5 Å². The van der Waals surface area contributed by atoms with Gasteiger partial charge in [0, 0.05) is 40.5 Å². The van der Waals surface area contributed by atoms with Gasteiger partial charge in [0.1, 0.15) is 24.0 Å². The van der Waals surface area contributed by atoms with Gasteiger partial charge in [-0.1, -0.05) is 209 Å². The van der Waals surface area contributed by atoms with E-state index >= 15 is 0 Å². The minimum absolute atomic E-state index is 0.00391. The number of benzene rings is 8. The predicted octanol–water partition coefficient (Wildman–Crippen LogP) is 15.0. The van der Waals surface area contributed by atoms with Crippen LogP contribution in [-0.4, -0.2) is 32.4 Å². The molecule has 8 aromatic carbocycles. The normalized spacial score (nSPS) is 13.4. The fraction of sp³-hybridized carbons (Fsp3) is 0.232. The molecule has 76 heavy (non-hydrogen) atoms. The number of ether oxygens (including phenoxy) is 1. The SMILES string of the molecule is CC(C)(C)c1cc(N2CN(c3cccc(Oc4ccc5c6cc([Si](c7ccccc7)(c7ccccc7)c7ccccc7)ccc6n(-c6cc(C(C)(C)C)ccn6)c5c4)c3)c3cccc([Si](C)(C)C)c32)cc(C(C)(C)C)c1. The second kappa shape index (κ2) is 19.0. The zero-order valence-electron chi connectivity index (χ0n) is 46.5. The second-order valence-electron chi connectivity index (χ2n) is 25.0. The fourth-order valence-corrected chi connectivity index (χ4v) is 17.8. The first-order valence-electron chi connectivity index (χ1n) is 27.0. The van der Waals surface area contributed by atoms with Crippen LogP contribution in [0.4, 0.5) is 22.7 Å². The van der Waals surface area contributed by atoms with Crippen LogP contribution in [0.5, 0.6) is 11.5 Å². The summed E-state index contributed by atoms with van der Waals surface area (Å²) in [4.78, 5) is 10.2. The Labute approximate surface area is 453 Å². The highest BCUT2D eigenvalue weighted by atomic mass is 28.3. The number of para-hydroxylation sites is 1. The molecule has 0 amide bonds. The average Bonchev–Trinajstić information content (AvgIpc) is 3.99. The third kappa shape index (κ3) is 9.17. The first kappa shape index (κ1) is 50.7. The highest BCUT2D eigenvalue weighted by molar-refractivity contribution is 7.20. The quantitative estimate of drug-likeness (QED) is 0.101. The molecule has 10 aromatic rings. The number of anilines is 4. The van der Waals surface area contributed by atoms with Gasteiger partial charge in [0.2, 0.25) is 0 Å². The molecule has 0 unspecified atom stereocenters. The summed E-state index contributed by atoms with van der Waals surface area (Å²) in [5, 5.41) is 9.16. The molecule has 3 heterocycles. The van der Waals surface area contributed by atoms with E-state index in [0.29, 0.717) is 6.67 Å². The molecule has 7 heteroatoms. The Morgan fingerprint density at radius 3 is 1.59 bits per heavy atom.